The van der Waals surface area contributed by atoms with Gasteiger partial charge in [0.25, 0.3) is 17.7 Å². The Labute approximate surface area is 229 Å². The second kappa shape index (κ2) is 11.1. The normalized spacial score (nSPS) is 22.4. The number of imide groups is 1. The number of alkyl halides is 1. The zero-order valence-corrected chi connectivity index (χ0v) is 22.4. The van der Waals surface area contributed by atoms with Gasteiger partial charge in [-0.15, -0.1) is 11.6 Å². The van der Waals surface area contributed by atoms with Crippen LogP contribution < -0.4 is 0 Å². The summed E-state index contributed by atoms with van der Waals surface area (Å²) in [7, 11) is 0. The molecule has 1 saturated carbocycles. The Kier molecular flexibility index (Phi) is 8.30. The summed E-state index contributed by atoms with van der Waals surface area (Å²) in [5.41, 5.74) is 0.271. The number of nitrogens with zero attached hydrogens (tertiary/aromatic N) is 2. The first-order valence-electron chi connectivity index (χ1n) is 11.7. The topological polar surface area (TPSA) is 74.8 Å². The molecule has 4 rings (SSSR count). The molecule has 2 fully saturated rings. The minimum atomic E-state index is -1.23. The number of carbonyl (C=O) groups excluding carboxylic acids is 4. The summed E-state index contributed by atoms with van der Waals surface area (Å²) < 4.78 is 0. The monoisotopic (exact) mass is 568 g/mol. The molecular weight excluding hydrogens is 546 g/mol. The maximum atomic E-state index is 14.0. The minimum Gasteiger partial charge on any atom is -0.292 e. The van der Waals surface area contributed by atoms with Crippen LogP contribution in [0.3, 0.4) is 0 Å². The van der Waals surface area contributed by atoms with Crippen molar-refractivity contribution in [2.75, 3.05) is 5.88 Å². The fourth-order valence-corrected chi connectivity index (χ4v) is 5.84. The van der Waals surface area contributed by atoms with Crippen LogP contribution in [-0.4, -0.2) is 45.4 Å². The van der Waals surface area contributed by atoms with Crippen LogP contribution in [0.5, 0.6) is 0 Å². The molecule has 2 aromatic rings. The van der Waals surface area contributed by atoms with E-state index in [1.54, 1.807) is 12.1 Å². The number of hydrogen-bond acceptors (Lipinski definition) is 4. The molecule has 6 nitrogen and oxygen atoms in total. The van der Waals surface area contributed by atoms with E-state index in [4.69, 9.17) is 46.4 Å². The second-order valence-corrected chi connectivity index (χ2v) is 10.9. The minimum absolute atomic E-state index is 0.00222. The number of halogens is 4. The Morgan fingerprint density at radius 2 is 1.61 bits per heavy atom. The zero-order chi connectivity index (χ0) is 26.1. The Morgan fingerprint density at radius 3 is 2.25 bits per heavy atom. The van der Waals surface area contributed by atoms with Gasteiger partial charge in [-0.1, -0.05) is 41.7 Å². The van der Waals surface area contributed by atoms with Crippen LogP contribution >= 0.6 is 46.4 Å². The molecule has 1 heterocycles. The van der Waals surface area contributed by atoms with E-state index in [1.165, 1.54) is 30.3 Å². The first-order chi connectivity index (χ1) is 17.1. The highest BCUT2D eigenvalue weighted by atomic mass is 35.5. The van der Waals surface area contributed by atoms with Gasteiger partial charge in [-0.25, -0.2) is 5.01 Å². The SMILES string of the molecule is C[C@@H]1CC[C@@H]2C(=O)N(N(C(=O)c3ccc(Cl)cc3Cl)[C@@H](CCCl)C(=O)c3ccc(Cl)cc3)C(=O)[C@H]2C1. The van der Waals surface area contributed by atoms with Crippen molar-refractivity contribution in [2.45, 2.75) is 38.6 Å². The third kappa shape index (κ3) is 5.14. The van der Waals surface area contributed by atoms with Crippen LogP contribution in [0.25, 0.3) is 0 Å². The molecule has 0 unspecified atom stereocenters. The van der Waals surface area contributed by atoms with Gasteiger partial charge in [-0.2, -0.15) is 5.01 Å². The van der Waals surface area contributed by atoms with Gasteiger partial charge in [0.2, 0.25) is 0 Å². The molecular formula is C26H24Cl4N2O4. The third-order valence-corrected chi connectivity index (χ3v) is 7.88. The molecule has 0 N–H and O–H groups in total. The number of benzene rings is 2. The molecule has 0 radical (unpaired) electrons. The summed E-state index contributed by atoms with van der Waals surface area (Å²) in [4.78, 5) is 54.9. The number of rotatable bonds is 7. The fourth-order valence-electron chi connectivity index (χ4n) is 5.02. The fraction of sp³-hybridized carbons (Fsp3) is 0.385. The molecule has 0 spiro atoms. The Morgan fingerprint density at radius 1 is 0.972 bits per heavy atom. The lowest BCUT2D eigenvalue weighted by atomic mass is 9.76. The number of Topliss-reactive ketones (excluding diaryl/α,β-unsaturated/α-hetero) is 1. The van der Waals surface area contributed by atoms with Crippen molar-refractivity contribution in [2.24, 2.45) is 17.8 Å². The molecule has 2 aliphatic rings. The van der Waals surface area contributed by atoms with E-state index in [-0.39, 0.29) is 34.4 Å². The number of amides is 3. The van der Waals surface area contributed by atoms with Gasteiger partial charge in [-0.05, 0) is 74.1 Å². The van der Waals surface area contributed by atoms with Gasteiger partial charge in [0.05, 0.1) is 22.4 Å². The lowest BCUT2D eigenvalue weighted by Crippen LogP contribution is -2.57. The Hall–Kier alpha value is -2.12. The summed E-state index contributed by atoms with van der Waals surface area (Å²) in [6.45, 7) is 2.04. The number of carbonyl (C=O) groups is 4. The maximum Gasteiger partial charge on any atom is 0.275 e. The zero-order valence-electron chi connectivity index (χ0n) is 19.4. The molecule has 0 aromatic heterocycles. The van der Waals surface area contributed by atoms with Crippen LogP contribution in [0.1, 0.15) is 53.3 Å². The van der Waals surface area contributed by atoms with Crippen LogP contribution in [0.4, 0.5) is 0 Å². The quantitative estimate of drug-likeness (QED) is 0.222. The Bertz CT molecular complexity index is 1200. The van der Waals surface area contributed by atoms with Crippen LogP contribution in [-0.2, 0) is 9.59 Å². The lowest BCUT2D eigenvalue weighted by Gasteiger charge is -2.36. The summed E-state index contributed by atoms with van der Waals surface area (Å²) in [5, 5.41) is 2.61. The van der Waals surface area contributed by atoms with Crippen molar-refractivity contribution in [1.29, 1.82) is 0 Å². The highest BCUT2D eigenvalue weighted by Crippen LogP contribution is 2.42. The highest BCUT2D eigenvalue weighted by Gasteiger charge is 2.54. The van der Waals surface area contributed by atoms with E-state index in [2.05, 4.69) is 0 Å². The molecule has 1 aliphatic carbocycles. The van der Waals surface area contributed by atoms with Crippen molar-refractivity contribution in [3.05, 3.63) is 68.7 Å². The van der Waals surface area contributed by atoms with Gasteiger partial charge in [0.1, 0.15) is 6.04 Å². The van der Waals surface area contributed by atoms with Gasteiger partial charge < -0.3 is 0 Å². The Balaban J connectivity index is 1.82. The van der Waals surface area contributed by atoms with Crippen molar-refractivity contribution < 1.29 is 19.2 Å². The number of hydrazine groups is 1. The molecule has 190 valence electrons. The summed E-state index contributed by atoms with van der Waals surface area (Å²) in [5.74, 6) is -3.02. The molecule has 2 aromatic carbocycles. The van der Waals surface area contributed by atoms with Gasteiger partial charge >= 0.3 is 0 Å². The van der Waals surface area contributed by atoms with E-state index >= 15 is 0 Å². The third-order valence-electron chi connectivity index (χ3n) is 6.86. The molecule has 3 amide bonds. The molecule has 4 atom stereocenters. The highest BCUT2D eigenvalue weighted by molar-refractivity contribution is 6.37. The van der Waals surface area contributed by atoms with E-state index < -0.39 is 41.4 Å². The first-order valence-corrected chi connectivity index (χ1v) is 13.3. The van der Waals surface area contributed by atoms with E-state index in [1.807, 2.05) is 6.92 Å². The lowest BCUT2D eigenvalue weighted by molar-refractivity contribution is -0.156. The molecule has 10 heteroatoms. The molecule has 1 aliphatic heterocycles. The summed E-state index contributed by atoms with van der Waals surface area (Å²) in [6, 6.07) is 9.21. The largest absolute Gasteiger partial charge is 0.292 e. The van der Waals surface area contributed by atoms with Crippen LogP contribution in [0.2, 0.25) is 15.1 Å². The standard InChI is InChI=1S/C26H24Cl4N2O4/c1-14-2-8-18-20(12-14)26(36)32(24(18)34)31(25(35)19-9-7-17(29)13-21(19)30)22(10-11-27)23(33)15-3-5-16(28)6-4-15/h3-7,9,13-14,18,20,22H,2,8,10-12H2,1H3/t14-,18+,20+,22+/m1/s1. The van der Waals surface area contributed by atoms with Crippen molar-refractivity contribution in [3.63, 3.8) is 0 Å². The van der Waals surface area contributed by atoms with Crippen LogP contribution in [0.15, 0.2) is 42.5 Å². The molecule has 1 saturated heterocycles. The van der Waals surface area contributed by atoms with Gasteiger partial charge in [0, 0.05) is 21.5 Å². The van der Waals surface area contributed by atoms with Crippen molar-refractivity contribution >= 4 is 69.9 Å². The van der Waals surface area contributed by atoms with Crippen molar-refractivity contribution in [1.82, 2.24) is 10.0 Å². The predicted molar refractivity (Wildman–Crippen MR) is 139 cm³/mol. The summed E-state index contributed by atoms with van der Waals surface area (Å²) >= 11 is 24.4. The van der Waals surface area contributed by atoms with E-state index in [9.17, 15) is 19.2 Å². The van der Waals surface area contributed by atoms with Gasteiger partial charge in [0.15, 0.2) is 5.78 Å². The smallest absolute Gasteiger partial charge is 0.275 e. The number of hydrogen-bond donors (Lipinski definition) is 0. The number of ketones is 1. The first kappa shape index (κ1) is 26.9. The molecule has 36 heavy (non-hydrogen) atoms. The van der Waals surface area contributed by atoms with Crippen LogP contribution in [0, 0.1) is 17.8 Å². The van der Waals surface area contributed by atoms with E-state index in [0.717, 1.165) is 16.4 Å². The molecule has 0 bridgehead atoms. The van der Waals surface area contributed by atoms with Crippen molar-refractivity contribution in [3.8, 4) is 0 Å². The average molecular weight is 570 g/mol. The van der Waals surface area contributed by atoms with E-state index in [0.29, 0.717) is 22.9 Å². The van der Waals surface area contributed by atoms with Gasteiger partial charge in [-0.3, -0.25) is 19.2 Å². The average Bonchev–Trinajstić information content (AvgIpc) is 3.08. The second-order valence-electron chi connectivity index (χ2n) is 9.26. The summed E-state index contributed by atoms with van der Waals surface area (Å²) in [6.07, 6.45) is 1.89. The maximum absolute atomic E-state index is 14.0. The number of fused-ring (bicyclic) bond motifs is 1. The predicted octanol–water partition coefficient (Wildman–Crippen LogP) is 6.31.